The molecule has 1 aliphatic rings. The highest BCUT2D eigenvalue weighted by molar-refractivity contribution is 6.33. The highest BCUT2D eigenvalue weighted by Gasteiger charge is 2.25. The molecule has 1 atom stereocenters. The van der Waals surface area contributed by atoms with E-state index in [4.69, 9.17) is 22.8 Å². The molecule has 2 rings (SSSR count). The van der Waals surface area contributed by atoms with Crippen LogP contribution < -0.4 is 0 Å². The quantitative estimate of drug-likeness (QED) is 0.631. The van der Waals surface area contributed by atoms with Crippen LogP contribution in [0.1, 0.15) is 23.2 Å². The maximum Gasteiger partial charge on any atom is 0.255 e. The molecule has 1 aromatic carbocycles. The Morgan fingerprint density at radius 3 is 3.05 bits per heavy atom. The van der Waals surface area contributed by atoms with Gasteiger partial charge in [-0.05, 0) is 25.0 Å². The number of terminal acetylenes is 1. The first kappa shape index (κ1) is 14.9. The Bertz CT molecular complexity index is 509. The number of piperidine rings is 1. The van der Waals surface area contributed by atoms with Gasteiger partial charge in [0, 0.05) is 19.0 Å². The Morgan fingerprint density at radius 2 is 2.30 bits per heavy atom. The van der Waals surface area contributed by atoms with Crippen LogP contribution in [0, 0.1) is 18.3 Å². The van der Waals surface area contributed by atoms with Gasteiger partial charge in [0.15, 0.2) is 0 Å². The maximum atomic E-state index is 12.5. The lowest BCUT2D eigenvalue weighted by molar-refractivity contribution is 0.0534. The van der Waals surface area contributed by atoms with Crippen molar-refractivity contribution in [3.63, 3.8) is 0 Å². The Kier molecular flexibility index (Phi) is 5.46. The third kappa shape index (κ3) is 3.75. The summed E-state index contributed by atoms with van der Waals surface area (Å²) in [5.74, 6) is 2.80. The van der Waals surface area contributed by atoms with E-state index < -0.39 is 0 Å². The molecule has 1 fully saturated rings. The highest BCUT2D eigenvalue weighted by Crippen LogP contribution is 2.22. The van der Waals surface area contributed by atoms with Gasteiger partial charge in [0.2, 0.25) is 0 Å². The van der Waals surface area contributed by atoms with Gasteiger partial charge in [-0.3, -0.25) is 4.79 Å². The van der Waals surface area contributed by atoms with Crippen LogP contribution >= 0.6 is 11.6 Å². The summed E-state index contributed by atoms with van der Waals surface area (Å²) in [5.41, 5.74) is 0.569. The van der Waals surface area contributed by atoms with Crippen LogP contribution in [0.3, 0.4) is 0 Å². The number of likely N-dealkylation sites (tertiary alicyclic amines) is 1. The van der Waals surface area contributed by atoms with Crippen molar-refractivity contribution in [2.45, 2.75) is 12.8 Å². The predicted octanol–water partition coefficient (Wildman–Crippen LogP) is 2.84. The summed E-state index contributed by atoms with van der Waals surface area (Å²) in [6.45, 7) is 2.41. The van der Waals surface area contributed by atoms with Crippen molar-refractivity contribution < 1.29 is 9.53 Å². The number of carbonyl (C=O) groups is 1. The van der Waals surface area contributed by atoms with Crippen molar-refractivity contribution in [1.29, 1.82) is 0 Å². The van der Waals surface area contributed by atoms with E-state index in [2.05, 4.69) is 5.92 Å². The van der Waals surface area contributed by atoms with E-state index in [-0.39, 0.29) is 5.91 Å². The van der Waals surface area contributed by atoms with Gasteiger partial charge >= 0.3 is 0 Å². The second-order valence-electron chi connectivity index (χ2n) is 4.96. The number of nitrogens with zero attached hydrogens (tertiary/aromatic N) is 1. The Morgan fingerprint density at radius 1 is 1.50 bits per heavy atom. The second-order valence-corrected chi connectivity index (χ2v) is 5.37. The lowest BCUT2D eigenvalue weighted by atomic mass is 9.98. The van der Waals surface area contributed by atoms with E-state index in [0.717, 1.165) is 19.4 Å². The van der Waals surface area contributed by atoms with Crippen molar-refractivity contribution in [2.75, 3.05) is 26.3 Å². The van der Waals surface area contributed by atoms with Crippen LogP contribution in [-0.2, 0) is 4.74 Å². The van der Waals surface area contributed by atoms with Gasteiger partial charge in [-0.2, -0.15) is 0 Å². The molecule has 1 unspecified atom stereocenters. The minimum Gasteiger partial charge on any atom is -0.368 e. The Balaban J connectivity index is 1.97. The SMILES string of the molecule is C#CCOCC1CCCN(C(=O)c2ccccc2Cl)C1. The third-order valence-electron chi connectivity index (χ3n) is 3.45. The van der Waals surface area contributed by atoms with Crippen molar-refractivity contribution in [1.82, 2.24) is 4.90 Å². The molecule has 0 aromatic heterocycles. The molecular formula is C16H18ClNO2. The van der Waals surface area contributed by atoms with Gasteiger partial charge < -0.3 is 9.64 Å². The molecule has 0 N–H and O–H groups in total. The standard InChI is InChI=1S/C16H18ClNO2/c1-2-10-20-12-13-6-5-9-18(11-13)16(19)14-7-3-4-8-15(14)17/h1,3-4,7-8,13H,5-6,9-12H2. The molecule has 1 saturated heterocycles. The third-order valence-corrected chi connectivity index (χ3v) is 3.78. The van der Waals surface area contributed by atoms with Crippen molar-refractivity contribution in [2.24, 2.45) is 5.92 Å². The number of rotatable bonds is 4. The number of benzene rings is 1. The monoisotopic (exact) mass is 291 g/mol. The minimum absolute atomic E-state index is 0.00255. The van der Waals surface area contributed by atoms with Crippen LogP contribution in [0.5, 0.6) is 0 Å². The fourth-order valence-corrected chi connectivity index (χ4v) is 2.69. The van der Waals surface area contributed by atoms with Gasteiger partial charge in [0.1, 0.15) is 6.61 Å². The number of hydrogen-bond donors (Lipinski definition) is 0. The fraction of sp³-hybridized carbons (Fsp3) is 0.438. The van der Waals surface area contributed by atoms with Gasteiger partial charge in [-0.1, -0.05) is 29.7 Å². The number of amides is 1. The van der Waals surface area contributed by atoms with Gasteiger partial charge in [-0.25, -0.2) is 0 Å². The van der Waals surface area contributed by atoms with Gasteiger partial charge in [0.25, 0.3) is 5.91 Å². The normalized spacial score (nSPS) is 18.6. The zero-order chi connectivity index (χ0) is 14.4. The predicted molar refractivity (Wildman–Crippen MR) is 79.7 cm³/mol. The molecule has 0 saturated carbocycles. The van der Waals surface area contributed by atoms with E-state index >= 15 is 0 Å². The molecule has 0 bridgehead atoms. The molecular weight excluding hydrogens is 274 g/mol. The molecule has 0 radical (unpaired) electrons. The smallest absolute Gasteiger partial charge is 0.255 e. The average Bonchev–Trinajstić information content (AvgIpc) is 2.48. The molecule has 1 heterocycles. The molecule has 0 aliphatic carbocycles. The van der Waals surface area contributed by atoms with E-state index in [1.165, 1.54) is 0 Å². The fourth-order valence-electron chi connectivity index (χ4n) is 2.48. The Hall–Kier alpha value is -1.50. The molecule has 1 aliphatic heterocycles. The summed E-state index contributed by atoms with van der Waals surface area (Å²) in [6.07, 6.45) is 7.21. The van der Waals surface area contributed by atoms with Crippen LogP contribution in [0.2, 0.25) is 5.02 Å². The van der Waals surface area contributed by atoms with Crippen LogP contribution in [0.4, 0.5) is 0 Å². The first-order chi connectivity index (χ1) is 9.72. The summed E-state index contributed by atoms with van der Waals surface area (Å²) >= 11 is 6.08. The van der Waals surface area contributed by atoms with E-state index in [0.29, 0.717) is 36.3 Å². The lowest BCUT2D eigenvalue weighted by Crippen LogP contribution is -2.41. The van der Waals surface area contributed by atoms with E-state index in [9.17, 15) is 4.79 Å². The van der Waals surface area contributed by atoms with Crippen LogP contribution in [0.15, 0.2) is 24.3 Å². The summed E-state index contributed by atoms with van der Waals surface area (Å²) in [4.78, 5) is 14.3. The maximum absolute atomic E-state index is 12.5. The molecule has 0 spiro atoms. The minimum atomic E-state index is -0.00255. The first-order valence-electron chi connectivity index (χ1n) is 6.77. The number of halogens is 1. The summed E-state index contributed by atoms with van der Waals surface area (Å²) in [6, 6.07) is 7.16. The zero-order valence-corrected chi connectivity index (χ0v) is 12.1. The number of hydrogen-bond acceptors (Lipinski definition) is 2. The topological polar surface area (TPSA) is 29.5 Å². The molecule has 4 heteroatoms. The average molecular weight is 292 g/mol. The van der Waals surface area contributed by atoms with Crippen LogP contribution in [-0.4, -0.2) is 37.1 Å². The van der Waals surface area contributed by atoms with E-state index in [1.807, 2.05) is 17.0 Å². The summed E-state index contributed by atoms with van der Waals surface area (Å²) < 4.78 is 5.38. The van der Waals surface area contributed by atoms with Gasteiger partial charge in [0.05, 0.1) is 17.2 Å². The number of ether oxygens (including phenoxy) is 1. The van der Waals surface area contributed by atoms with Crippen molar-refractivity contribution >= 4 is 17.5 Å². The Labute approximate surface area is 124 Å². The first-order valence-corrected chi connectivity index (χ1v) is 7.15. The highest BCUT2D eigenvalue weighted by atomic mass is 35.5. The summed E-state index contributed by atoms with van der Waals surface area (Å²) in [7, 11) is 0. The van der Waals surface area contributed by atoms with Crippen molar-refractivity contribution in [3.05, 3.63) is 34.9 Å². The van der Waals surface area contributed by atoms with Gasteiger partial charge in [-0.15, -0.1) is 6.42 Å². The molecule has 3 nitrogen and oxygen atoms in total. The molecule has 1 aromatic rings. The van der Waals surface area contributed by atoms with Crippen molar-refractivity contribution in [3.8, 4) is 12.3 Å². The lowest BCUT2D eigenvalue weighted by Gasteiger charge is -2.32. The van der Waals surface area contributed by atoms with E-state index in [1.54, 1.807) is 12.1 Å². The molecule has 20 heavy (non-hydrogen) atoms. The molecule has 1 amide bonds. The largest absolute Gasteiger partial charge is 0.368 e. The van der Waals surface area contributed by atoms with Crippen LogP contribution in [0.25, 0.3) is 0 Å². The summed E-state index contributed by atoms with van der Waals surface area (Å²) in [5, 5.41) is 0.503. The zero-order valence-electron chi connectivity index (χ0n) is 11.3. The molecule has 106 valence electrons. The number of carbonyl (C=O) groups excluding carboxylic acids is 1. The second kappa shape index (κ2) is 7.33.